The van der Waals surface area contributed by atoms with Crippen molar-refractivity contribution in [2.24, 2.45) is 0 Å². The number of rotatable bonds is 2. The molecule has 0 amide bonds. The van der Waals surface area contributed by atoms with E-state index in [4.69, 9.17) is 5.26 Å². The van der Waals surface area contributed by atoms with Gasteiger partial charge in [0.2, 0.25) is 0 Å². The van der Waals surface area contributed by atoms with Crippen molar-refractivity contribution in [2.45, 2.75) is 23.5 Å². The lowest BCUT2D eigenvalue weighted by molar-refractivity contribution is 0.343. The third-order valence-corrected chi connectivity index (χ3v) is 4.02. The number of nitriles is 1. The average Bonchev–Trinajstić information content (AvgIpc) is 2.70. The van der Waals surface area contributed by atoms with Crippen LogP contribution in [0.5, 0.6) is 0 Å². The summed E-state index contributed by atoms with van der Waals surface area (Å²) in [6, 6.07) is 10.2. The first-order chi connectivity index (χ1) is 7.72. The van der Waals surface area contributed by atoms with Crippen LogP contribution in [0.2, 0.25) is 0 Å². The van der Waals surface area contributed by atoms with Gasteiger partial charge in [0.05, 0.1) is 24.0 Å². The smallest absolute Gasteiger partial charge is 0.174 e. The van der Waals surface area contributed by atoms with Gasteiger partial charge in [-0.1, -0.05) is 18.2 Å². The first-order valence-corrected chi connectivity index (χ1v) is 6.10. The van der Waals surface area contributed by atoms with Gasteiger partial charge in [0.15, 0.2) is 4.90 Å². The average molecular weight is 238 g/mol. The van der Waals surface area contributed by atoms with Crippen molar-refractivity contribution >= 4 is 11.4 Å². The van der Waals surface area contributed by atoms with E-state index in [1.807, 2.05) is 12.1 Å². The molecule has 84 valence electrons. The zero-order valence-electron chi connectivity index (χ0n) is 8.54. The first kappa shape index (κ1) is 11.4. The van der Waals surface area contributed by atoms with Gasteiger partial charge in [-0.25, -0.2) is 4.39 Å². The van der Waals surface area contributed by atoms with Crippen molar-refractivity contribution in [3.05, 3.63) is 30.3 Å². The number of hydrogen-bond donors (Lipinski definition) is 0. The summed E-state index contributed by atoms with van der Waals surface area (Å²) in [5.74, 6) is 0. The van der Waals surface area contributed by atoms with Crippen LogP contribution < -0.4 is 0 Å². The van der Waals surface area contributed by atoms with Crippen LogP contribution in [0.15, 0.2) is 35.2 Å². The molecule has 1 heterocycles. The van der Waals surface area contributed by atoms with Crippen LogP contribution in [0.1, 0.15) is 6.42 Å². The molecule has 1 aliphatic heterocycles. The highest BCUT2D eigenvalue weighted by Crippen LogP contribution is 2.27. The van der Waals surface area contributed by atoms with Gasteiger partial charge in [0.25, 0.3) is 0 Å². The maximum absolute atomic E-state index is 13.2. The molecule has 0 bridgehead atoms. The molecule has 3 unspecified atom stereocenters. The van der Waals surface area contributed by atoms with Gasteiger partial charge in [0, 0.05) is 6.42 Å². The van der Waals surface area contributed by atoms with Crippen molar-refractivity contribution in [3.63, 3.8) is 0 Å². The zero-order chi connectivity index (χ0) is 11.5. The molecule has 1 fully saturated rings. The second-order valence-corrected chi connectivity index (χ2v) is 5.08. The van der Waals surface area contributed by atoms with Gasteiger partial charge in [-0.2, -0.15) is 5.26 Å². The Morgan fingerprint density at radius 1 is 1.44 bits per heavy atom. The van der Waals surface area contributed by atoms with Crippen molar-refractivity contribution in [1.29, 1.82) is 5.26 Å². The predicted octanol–water partition coefficient (Wildman–Crippen LogP) is 1.65. The summed E-state index contributed by atoms with van der Waals surface area (Å²) < 4.78 is 26.7. The van der Waals surface area contributed by atoms with Crippen LogP contribution in [-0.4, -0.2) is 27.6 Å². The maximum atomic E-state index is 13.2. The molecule has 0 aliphatic carbocycles. The van der Waals surface area contributed by atoms with Crippen LogP contribution >= 0.6 is 0 Å². The van der Waals surface area contributed by atoms with E-state index in [-0.39, 0.29) is 13.0 Å². The summed E-state index contributed by atoms with van der Waals surface area (Å²) in [5.41, 5.74) is 0. The van der Waals surface area contributed by atoms with E-state index in [9.17, 15) is 8.94 Å². The Balaban J connectivity index is 2.16. The van der Waals surface area contributed by atoms with E-state index < -0.39 is 23.6 Å². The van der Waals surface area contributed by atoms with Crippen LogP contribution in [-0.2, 0) is 11.4 Å². The van der Waals surface area contributed by atoms with Gasteiger partial charge in [-0.05, 0) is 12.1 Å². The fourth-order valence-electron chi connectivity index (χ4n) is 1.73. The first-order valence-electron chi connectivity index (χ1n) is 4.99. The second kappa shape index (κ2) is 4.83. The third-order valence-electron chi connectivity index (χ3n) is 2.51. The molecule has 1 saturated heterocycles. The Morgan fingerprint density at radius 2 is 2.12 bits per heavy atom. The van der Waals surface area contributed by atoms with Crippen LogP contribution in [0, 0.1) is 11.3 Å². The maximum Gasteiger partial charge on any atom is 0.174 e. The summed E-state index contributed by atoms with van der Waals surface area (Å²) in [5, 5.41) is 8.86. The molecule has 1 aliphatic rings. The minimum atomic E-state index is -1.44. The highest BCUT2D eigenvalue weighted by Gasteiger charge is 2.40. The molecule has 3 nitrogen and oxygen atoms in total. The number of nitrogens with zero attached hydrogens (tertiary/aromatic N) is 2. The number of halogens is 1. The predicted molar refractivity (Wildman–Crippen MR) is 58.5 cm³/mol. The standard InChI is InChI=1S/C11H11FN2OS/c12-9-6-10(7-13)14(8-9)16(15)11-4-2-1-3-5-11/h1-5,9-10H,6,8H2. The monoisotopic (exact) mass is 238 g/mol. The summed E-state index contributed by atoms with van der Waals surface area (Å²) >= 11 is -1.44. The van der Waals surface area contributed by atoms with Gasteiger partial charge in [-0.3, -0.25) is 0 Å². The fourth-order valence-corrected chi connectivity index (χ4v) is 3.05. The van der Waals surface area contributed by atoms with Crippen molar-refractivity contribution in [1.82, 2.24) is 4.31 Å². The normalized spacial score (nSPS) is 27.6. The van der Waals surface area contributed by atoms with E-state index >= 15 is 0 Å². The Labute approximate surface area is 96.8 Å². The van der Waals surface area contributed by atoms with E-state index in [1.54, 1.807) is 24.3 Å². The fraction of sp³-hybridized carbons (Fsp3) is 0.364. The Morgan fingerprint density at radius 3 is 2.75 bits per heavy atom. The summed E-state index contributed by atoms with van der Waals surface area (Å²) in [7, 11) is 0. The molecule has 0 saturated carbocycles. The molecule has 0 aromatic heterocycles. The van der Waals surface area contributed by atoms with Crippen molar-refractivity contribution in [2.75, 3.05) is 6.54 Å². The third kappa shape index (κ3) is 2.19. The number of alkyl halides is 1. The van der Waals surface area contributed by atoms with Crippen LogP contribution in [0.3, 0.4) is 0 Å². The minimum Gasteiger partial charge on any atom is -0.593 e. The molecule has 16 heavy (non-hydrogen) atoms. The topological polar surface area (TPSA) is 50.1 Å². The highest BCUT2D eigenvalue weighted by molar-refractivity contribution is 7.89. The van der Waals surface area contributed by atoms with E-state index in [0.717, 1.165) is 0 Å². The van der Waals surface area contributed by atoms with Crippen LogP contribution in [0.25, 0.3) is 0 Å². The molecule has 0 spiro atoms. The molecule has 2 rings (SSSR count). The lowest BCUT2D eigenvalue weighted by Gasteiger charge is -2.21. The van der Waals surface area contributed by atoms with Crippen molar-refractivity contribution in [3.8, 4) is 6.07 Å². The zero-order valence-corrected chi connectivity index (χ0v) is 9.36. The molecular formula is C11H11FN2OS. The molecule has 1 aromatic rings. The summed E-state index contributed by atoms with van der Waals surface area (Å²) in [6.07, 6.45) is -0.910. The molecule has 0 radical (unpaired) electrons. The lowest BCUT2D eigenvalue weighted by atomic mass is 10.2. The van der Waals surface area contributed by atoms with Gasteiger partial charge in [-0.15, -0.1) is 4.31 Å². The minimum absolute atomic E-state index is 0.0692. The van der Waals surface area contributed by atoms with E-state index in [1.165, 1.54) is 4.31 Å². The number of benzene rings is 1. The number of hydrogen-bond acceptors (Lipinski definition) is 3. The quantitative estimate of drug-likeness (QED) is 0.736. The Hall–Kier alpha value is -1.09. The van der Waals surface area contributed by atoms with Gasteiger partial charge in [0.1, 0.15) is 12.2 Å². The van der Waals surface area contributed by atoms with Crippen LogP contribution in [0.4, 0.5) is 4.39 Å². The highest BCUT2D eigenvalue weighted by atomic mass is 32.2. The lowest BCUT2D eigenvalue weighted by Crippen LogP contribution is -2.35. The SMILES string of the molecule is N#CC1CC(F)CN1[S+]([O-])c1ccccc1. The molecule has 1 aromatic carbocycles. The second-order valence-electron chi connectivity index (χ2n) is 3.64. The summed E-state index contributed by atoms with van der Waals surface area (Å²) in [6.45, 7) is 0.0692. The van der Waals surface area contributed by atoms with Gasteiger partial charge >= 0.3 is 0 Å². The molecule has 5 heteroatoms. The van der Waals surface area contributed by atoms with E-state index in [2.05, 4.69) is 0 Å². The molecule has 3 atom stereocenters. The molecular weight excluding hydrogens is 227 g/mol. The Bertz CT molecular complexity index is 395. The van der Waals surface area contributed by atoms with Gasteiger partial charge < -0.3 is 4.55 Å². The Kier molecular flexibility index (Phi) is 3.44. The van der Waals surface area contributed by atoms with Crippen molar-refractivity contribution < 1.29 is 8.94 Å². The largest absolute Gasteiger partial charge is 0.593 e. The summed E-state index contributed by atoms with van der Waals surface area (Å²) in [4.78, 5) is 0.608. The van der Waals surface area contributed by atoms with E-state index in [0.29, 0.717) is 4.90 Å². The molecule has 0 N–H and O–H groups in total.